The largest absolute Gasteiger partial charge is 0.480 e. The van der Waals surface area contributed by atoms with E-state index in [4.69, 9.17) is 18.9 Å². The number of nitrogens with zero attached hydrogens (tertiary/aromatic N) is 3. The van der Waals surface area contributed by atoms with Crippen LogP contribution >= 0.6 is 0 Å². The molecule has 2 aliphatic heterocycles. The number of hydrogen-bond donors (Lipinski definition) is 0. The number of amides is 1. The molecule has 2 aliphatic rings. The van der Waals surface area contributed by atoms with E-state index in [1.807, 2.05) is 0 Å². The molecule has 8 heteroatoms. The number of hydrogen-bond acceptors (Lipinski definition) is 7. The van der Waals surface area contributed by atoms with E-state index in [0.29, 0.717) is 41.9 Å². The van der Waals surface area contributed by atoms with E-state index in [1.165, 1.54) is 7.11 Å². The minimum Gasteiger partial charge on any atom is -0.480 e. The average molecular weight is 343 g/mol. The molecule has 2 aromatic rings. The van der Waals surface area contributed by atoms with Crippen molar-refractivity contribution in [2.75, 3.05) is 27.0 Å². The van der Waals surface area contributed by atoms with Crippen LogP contribution in [0.15, 0.2) is 30.3 Å². The summed E-state index contributed by atoms with van der Waals surface area (Å²) in [6.07, 6.45) is 0.630. The van der Waals surface area contributed by atoms with Crippen LogP contribution in [0.5, 0.6) is 23.3 Å². The number of aromatic nitrogens is 2. The topological polar surface area (TPSA) is 83.0 Å². The predicted octanol–water partition coefficient (Wildman–Crippen LogP) is 1.51. The molecular weight excluding hydrogens is 326 g/mol. The fourth-order valence-corrected chi connectivity index (χ4v) is 2.87. The number of likely N-dealkylation sites (tertiary alicyclic amines) is 1. The Balaban J connectivity index is 1.39. The van der Waals surface area contributed by atoms with Crippen LogP contribution in [0.2, 0.25) is 0 Å². The molecule has 130 valence electrons. The first-order chi connectivity index (χ1) is 12.2. The van der Waals surface area contributed by atoms with Gasteiger partial charge in [0.1, 0.15) is 6.10 Å². The standard InChI is InChI=1S/C17H17N3O5/c1-22-15-4-5-16(19-18-15)25-12-6-7-20(9-12)17(21)11-2-3-13-14(8-11)24-10-23-13/h2-5,8,12H,6-7,9-10H2,1H3/t12-/m0/s1. The van der Waals surface area contributed by atoms with Gasteiger partial charge in [0.25, 0.3) is 5.91 Å². The zero-order valence-corrected chi connectivity index (χ0v) is 13.7. The van der Waals surface area contributed by atoms with Gasteiger partial charge in [-0.2, -0.15) is 0 Å². The van der Waals surface area contributed by atoms with Crippen LogP contribution in [-0.2, 0) is 0 Å². The number of rotatable bonds is 4. The molecule has 0 bridgehead atoms. The van der Waals surface area contributed by atoms with Crippen LogP contribution in [0.1, 0.15) is 16.8 Å². The number of fused-ring (bicyclic) bond motifs is 1. The lowest BCUT2D eigenvalue weighted by Crippen LogP contribution is -2.31. The maximum atomic E-state index is 12.7. The highest BCUT2D eigenvalue weighted by molar-refractivity contribution is 5.95. The zero-order chi connectivity index (χ0) is 17.2. The van der Waals surface area contributed by atoms with E-state index >= 15 is 0 Å². The van der Waals surface area contributed by atoms with Crippen LogP contribution in [0, 0.1) is 0 Å². The molecule has 0 unspecified atom stereocenters. The summed E-state index contributed by atoms with van der Waals surface area (Å²) in [5, 5.41) is 7.82. The Morgan fingerprint density at radius 1 is 1.16 bits per heavy atom. The number of methoxy groups -OCH3 is 1. The number of benzene rings is 1. The van der Waals surface area contributed by atoms with Crippen LogP contribution in [0.25, 0.3) is 0 Å². The van der Waals surface area contributed by atoms with Crippen molar-refractivity contribution in [1.82, 2.24) is 15.1 Å². The second-order valence-corrected chi connectivity index (χ2v) is 5.76. The molecule has 1 aromatic heterocycles. The van der Waals surface area contributed by atoms with E-state index in [9.17, 15) is 4.79 Å². The highest BCUT2D eigenvalue weighted by Gasteiger charge is 2.29. The van der Waals surface area contributed by atoms with E-state index in [1.54, 1.807) is 35.2 Å². The third kappa shape index (κ3) is 3.15. The van der Waals surface area contributed by atoms with E-state index in [-0.39, 0.29) is 18.8 Å². The Morgan fingerprint density at radius 2 is 1.96 bits per heavy atom. The smallest absolute Gasteiger partial charge is 0.254 e. The molecule has 3 heterocycles. The van der Waals surface area contributed by atoms with Crippen LogP contribution in [-0.4, -0.2) is 54.1 Å². The van der Waals surface area contributed by atoms with Gasteiger partial charge in [-0.05, 0) is 18.2 Å². The van der Waals surface area contributed by atoms with Gasteiger partial charge >= 0.3 is 0 Å². The van der Waals surface area contributed by atoms with Crippen molar-refractivity contribution in [3.05, 3.63) is 35.9 Å². The summed E-state index contributed by atoms with van der Waals surface area (Å²) in [6, 6.07) is 8.61. The molecule has 1 saturated heterocycles. The first-order valence-electron chi connectivity index (χ1n) is 7.96. The summed E-state index contributed by atoms with van der Waals surface area (Å²) in [6.45, 7) is 1.32. The van der Waals surface area contributed by atoms with Gasteiger partial charge in [-0.25, -0.2) is 0 Å². The van der Waals surface area contributed by atoms with Crippen LogP contribution < -0.4 is 18.9 Å². The van der Waals surface area contributed by atoms with E-state index in [0.717, 1.165) is 6.42 Å². The van der Waals surface area contributed by atoms with Gasteiger partial charge in [-0.1, -0.05) is 0 Å². The Bertz CT molecular complexity index is 780. The SMILES string of the molecule is COc1ccc(O[C@H]2CCN(C(=O)c3ccc4c(c3)OCO4)C2)nn1. The second kappa shape index (κ2) is 6.46. The van der Waals surface area contributed by atoms with Crippen molar-refractivity contribution in [2.24, 2.45) is 0 Å². The predicted molar refractivity (Wildman–Crippen MR) is 86.1 cm³/mol. The van der Waals surface area contributed by atoms with Crippen molar-refractivity contribution >= 4 is 5.91 Å². The minimum absolute atomic E-state index is 0.0507. The summed E-state index contributed by atoms with van der Waals surface area (Å²) in [5.74, 6) is 2.07. The molecule has 0 aliphatic carbocycles. The van der Waals surface area contributed by atoms with Crippen molar-refractivity contribution in [1.29, 1.82) is 0 Å². The lowest BCUT2D eigenvalue weighted by atomic mass is 10.2. The molecule has 1 atom stereocenters. The third-order valence-electron chi connectivity index (χ3n) is 4.16. The second-order valence-electron chi connectivity index (χ2n) is 5.76. The maximum absolute atomic E-state index is 12.7. The highest BCUT2D eigenvalue weighted by Crippen LogP contribution is 2.33. The van der Waals surface area contributed by atoms with Gasteiger partial charge in [-0.15, -0.1) is 10.2 Å². The zero-order valence-electron chi connectivity index (χ0n) is 13.7. The molecule has 0 radical (unpaired) electrons. The Morgan fingerprint density at radius 3 is 2.76 bits per heavy atom. The summed E-state index contributed by atoms with van der Waals surface area (Å²) in [4.78, 5) is 14.4. The molecule has 1 fully saturated rings. The normalized spacial score (nSPS) is 18.3. The third-order valence-corrected chi connectivity index (χ3v) is 4.16. The van der Waals surface area contributed by atoms with E-state index < -0.39 is 0 Å². The van der Waals surface area contributed by atoms with Crippen molar-refractivity contribution in [2.45, 2.75) is 12.5 Å². The molecule has 1 aromatic carbocycles. The average Bonchev–Trinajstić information content (AvgIpc) is 3.30. The molecule has 0 N–H and O–H groups in total. The van der Waals surface area contributed by atoms with E-state index in [2.05, 4.69) is 10.2 Å². The summed E-state index contributed by atoms with van der Waals surface area (Å²) in [5.41, 5.74) is 0.578. The highest BCUT2D eigenvalue weighted by atomic mass is 16.7. The number of ether oxygens (including phenoxy) is 4. The van der Waals surface area contributed by atoms with Gasteiger partial charge < -0.3 is 23.8 Å². The van der Waals surface area contributed by atoms with Crippen LogP contribution in [0.4, 0.5) is 0 Å². The Labute approximate surface area is 144 Å². The molecule has 1 amide bonds. The van der Waals surface area contributed by atoms with Gasteiger partial charge in [-0.3, -0.25) is 4.79 Å². The Hall–Kier alpha value is -3.03. The molecule has 0 saturated carbocycles. The van der Waals surface area contributed by atoms with Gasteiger partial charge in [0.15, 0.2) is 11.5 Å². The first kappa shape index (κ1) is 15.5. The number of carbonyl (C=O) groups excluding carboxylic acids is 1. The molecule has 25 heavy (non-hydrogen) atoms. The fourth-order valence-electron chi connectivity index (χ4n) is 2.87. The Kier molecular flexibility index (Phi) is 4.01. The molecule has 0 spiro atoms. The fraction of sp³-hybridized carbons (Fsp3) is 0.353. The summed E-state index contributed by atoms with van der Waals surface area (Å²) < 4.78 is 21.4. The van der Waals surface area contributed by atoms with Gasteiger partial charge in [0.2, 0.25) is 18.6 Å². The van der Waals surface area contributed by atoms with Crippen LogP contribution in [0.3, 0.4) is 0 Å². The summed E-state index contributed by atoms with van der Waals surface area (Å²) in [7, 11) is 1.53. The molecule has 8 nitrogen and oxygen atoms in total. The first-order valence-corrected chi connectivity index (χ1v) is 7.96. The lowest BCUT2D eigenvalue weighted by Gasteiger charge is -2.17. The van der Waals surface area contributed by atoms with Crippen molar-refractivity contribution in [3.8, 4) is 23.3 Å². The van der Waals surface area contributed by atoms with Crippen molar-refractivity contribution < 1.29 is 23.7 Å². The van der Waals surface area contributed by atoms with Gasteiger partial charge in [0, 0.05) is 30.7 Å². The quantitative estimate of drug-likeness (QED) is 0.832. The molecular formula is C17H17N3O5. The monoisotopic (exact) mass is 343 g/mol. The molecule has 4 rings (SSSR count). The van der Waals surface area contributed by atoms with Crippen molar-refractivity contribution in [3.63, 3.8) is 0 Å². The number of carbonyl (C=O) groups is 1. The minimum atomic E-state index is -0.111. The maximum Gasteiger partial charge on any atom is 0.254 e. The van der Waals surface area contributed by atoms with Gasteiger partial charge in [0.05, 0.1) is 13.7 Å². The summed E-state index contributed by atoms with van der Waals surface area (Å²) >= 11 is 0. The lowest BCUT2D eigenvalue weighted by molar-refractivity contribution is 0.0770.